The highest BCUT2D eigenvalue weighted by Gasteiger charge is 2.25. The van der Waals surface area contributed by atoms with E-state index in [1.165, 1.54) is 7.11 Å². The van der Waals surface area contributed by atoms with Crippen LogP contribution in [0.3, 0.4) is 0 Å². The molecule has 0 spiro atoms. The Morgan fingerprint density at radius 2 is 2.11 bits per heavy atom. The summed E-state index contributed by atoms with van der Waals surface area (Å²) >= 11 is 5.63. The number of carbonyl (C=O) groups is 1. The second kappa shape index (κ2) is 7.26. The third-order valence-corrected chi connectivity index (χ3v) is 6.52. The predicted molar refractivity (Wildman–Crippen MR) is 74.7 cm³/mol. The van der Waals surface area contributed by atoms with E-state index >= 15 is 0 Å². The molecule has 0 N–H and O–H groups in total. The average molecular weight is 305 g/mol. The van der Waals surface area contributed by atoms with Crippen LogP contribution < -0.4 is 4.89 Å². The lowest BCUT2D eigenvalue weighted by Gasteiger charge is -2.28. The second-order valence-corrected chi connectivity index (χ2v) is 9.43. The lowest BCUT2D eigenvalue weighted by molar-refractivity contribution is -0.172. The van der Waals surface area contributed by atoms with E-state index in [4.69, 9.17) is 21.1 Å². The van der Waals surface area contributed by atoms with Crippen molar-refractivity contribution in [2.45, 2.75) is 12.2 Å². The van der Waals surface area contributed by atoms with Crippen molar-refractivity contribution in [1.29, 1.82) is 0 Å². The third kappa shape index (κ3) is 4.71. The van der Waals surface area contributed by atoms with E-state index in [0.717, 1.165) is 11.4 Å². The summed E-state index contributed by atoms with van der Waals surface area (Å²) in [5.41, 5.74) is -2.58. The summed E-state index contributed by atoms with van der Waals surface area (Å²) in [4.78, 5) is 23.7. The second-order valence-electron chi connectivity index (χ2n) is 3.28. The van der Waals surface area contributed by atoms with E-state index in [-0.39, 0.29) is 6.61 Å². The minimum Gasteiger partial charge on any atom is -0.793 e. The van der Waals surface area contributed by atoms with Crippen molar-refractivity contribution in [2.75, 3.05) is 13.7 Å². The summed E-state index contributed by atoms with van der Waals surface area (Å²) in [6, 6.07) is 8.95. The number of hydrogen-bond acceptors (Lipinski definition) is 6. The third-order valence-electron chi connectivity index (χ3n) is 2.06. The largest absolute Gasteiger partial charge is 0.793 e. The van der Waals surface area contributed by atoms with Gasteiger partial charge in [0, 0.05) is 12.8 Å². The van der Waals surface area contributed by atoms with Gasteiger partial charge in [0.1, 0.15) is 5.25 Å². The van der Waals surface area contributed by atoms with E-state index in [1.54, 1.807) is 31.2 Å². The van der Waals surface area contributed by atoms with Gasteiger partial charge < -0.3 is 14.2 Å². The number of benzene rings is 1. The van der Waals surface area contributed by atoms with Crippen molar-refractivity contribution in [3.8, 4) is 0 Å². The summed E-state index contributed by atoms with van der Waals surface area (Å²) in [5, 5.41) is -0.727. The number of ether oxygens (including phenoxy) is 1. The Balaban J connectivity index is 2.96. The van der Waals surface area contributed by atoms with Crippen LogP contribution in [-0.2, 0) is 25.9 Å². The topological polar surface area (TPSA) is 58.6 Å². The first kappa shape index (κ1) is 15.7. The fourth-order valence-electron chi connectivity index (χ4n) is 1.26. The molecule has 0 amide bonds. The van der Waals surface area contributed by atoms with Crippen LogP contribution in [0.25, 0.3) is 0 Å². The maximum Gasteiger partial charge on any atom is 0.324 e. The van der Waals surface area contributed by atoms with E-state index in [1.807, 2.05) is 6.07 Å². The lowest BCUT2D eigenvalue weighted by atomic mass is 10.1. The Morgan fingerprint density at radius 3 is 2.61 bits per heavy atom. The van der Waals surface area contributed by atoms with Gasteiger partial charge >= 0.3 is 5.97 Å². The number of esters is 1. The van der Waals surface area contributed by atoms with Gasteiger partial charge in [-0.15, -0.1) is 0 Å². The van der Waals surface area contributed by atoms with E-state index < -0.39 is 16.9 Å². The molecule has 1 rings (SSSR count). The summed E-state index contributed by atoms with van der Waals surface area (Å²) in [6.45, 7) is 1.98. The van der Waals surface area contributed by atoms with Crippen molar-refractivity contribution >= 4 is 34.9 Å². The number of rotatable bonds is 6. The molecule has 1 aromatic carbocycles. The van der Waals surface area contributed by atoms with Crippen molar-refractivity contribution in [2.24, 2.45) is 0 Å². The van der Waals surface area contributed by atoms with Gasteiger partial charge in [-0.05, 0) is 12.5 Å². The molecule has 0 fully saturated rings. The zero-order valence-corrected chi connectivity index (χ0v) is 12.6. The summed E-state index contributed by atoms with van der Waals surface area (Å²) in [5.74, 6) is -0.462. The van der Waals surface area contributed by atoms with Crippen LogP contribution >= 0.6 is 17.1 Å². The van der Waals surface area contributed by atoms with Crippen LogP contribution in [0.4, 0.5) is 0 Å². The van der Waals surface area contributed by atoms with Gasteiger partial charge in [-0.25, -0.2) is 0 Å². The molecule has 0 saturated heterocycles. The predicted octanol–water partition coefficient (Wildman–Crippen LogP) is 2.26. The van der Waals surface area contributed by atoms with Crippen LogP contribution in [0.15, 0.2) is 30.3 Å². The van der Waals surface area contributed by atoms with Gasteiger partial charge in [-0.3, -0.25) is 4.79 Å². The normalized spacial score (nSPS) is 15.7. The van der Waals surface area contributed by atoms with Gasteiger partial charge in [0.15, 0.2) is 0 Å². The lowest BCUT2D eigenvalue weighted by Crippen LogP contribution is -2.14. The van der Waals surface area contributed by atoms with Crippen LogP contribution in [-0.4, -0.2) is 19.7 Å². The average Bonchev–Trinajstić information content (AvgIpc) is 2.37. The summed E-state index contributed by atoms with van der Waals surface area (Å²) < 4.78 is 9.71. The molecule has 0 heterocycles. The number of hydrogen-bond donors (Lipinski definition) is 0. The van der Waals surface area contributed by atoms with Crippen LogP contribution in [0.5, 0.6) is 0 Å². The van der Waals surface area contributed by atoms with Crippen molar-refractivity contribution in [1.82, 2.24) is 0 Å². The molecular weight excluding hydrogens is 291 g/mol. The van der Waals surface area contributed by atoms with E-state index in [2.05, 4.69) is 0 Å². The Morgan fingerprint density at radius 1 is 1.50 bits per heavy atom. The van der Waals surface area contributed by atoms with E-state index in [0.29, 0.717) is 5.56 Å². The van der Waals surface area contributed by atoms with Crippen LogP contribution in [0.2, 0.25) is 0 Å². The van der Waals surface area contributed by atoms with Gasteiger partial charge in [0.05, 0.1) is 6.61 Å². The summed E-state index contributed by atoms with van der Waals surface area (Å²) in [7, 11) is 1.27. The first-order valence-electron chi connectivity index (χ1n) is 5.27. The van der Waals surface area contributed by atoms with Gasteiger partial charge in [0.25, 0.3) is 0 Å². The quantitative estimate of drug-likeness (QED) is 0.593. The Labute approximate surface area is 116 Å². The summed E-state index contributed by atoms with van der Waals surface area (Å²) in [6.07, 6.45) is 0. The molecule has 0 aliphatic heterocycles. The fourth-order valence-corrected chi connectivity index (χ4v) is 4.47. The molecule has 7 heteroatoms. The first-order chi connectivity index (χ1) is 8.50. The minimum absolute atomic E-state index is 0.261. The Hall–Kier alpha value is -0.390. The standard InChI is InChI=1S/C11H15O4PS2/c1-3-15-11(12)10(18-16(13,17)14-2)9-7-5-4-6-8-9/h4-8,10H,3H2,1-2H3,(H,13,17)/p-1. The molecule has 18 heavy (non-hydrogen) atoms. The zero-order chi connectivity index (χ0) is 13.6. The van der Waals surface area contributed by atoms with E-state index in [9.17, 15) is 9.69 Å². The highest BCUT2D eigenvalue weighted by atomic mass is 32.9. The number of carbonyl (C=O) groups excluding carboxylic acids is 1. The molecule has 0 saturated carbocycles. The molecule has 0 bridgehead atoms. The van der Waals surface area contributed by atoms with Crippen LogP contribution in [0.1, 0.15) is 17.7 Å². The molecule has 4 nitrogen and oxygen atoms in total. The SMILES string of the molecule is CCOC(=O)C(SP([O-])(=S)OC)c1ccccc1. The zero-order valence-electron chi connectivity index (χ0n) is 10.1. The molecule has 0 radical (unpaired) electrons. The maximum atomic E-state index is 11.9. The molecule has 1 aromatic rings. The highest BCUT2D eigenvalue weighted by Crippen LogP contribution is 2.58. The van der Waals surface area contributed by atoms with Gasteiger partial charge in [-0.1, -0.05) is 53.5 Å². The Kier molecular flexibility index (Phi) is 6.32. The van der Waals surface area contributed by atoms with Crippen molar-refractivity contribution < 1.29 is 18.9 Å². The molecule has 2 atom stereocenters. The minimum atomic E-state index is -3.27. The first-order valence-corrected chi connectivity index (χ1v) is 9.39. The molecule has 2 unspecified atom stereocenters. The van der Waals surface area contributed by atoms with Gasteiger partial charge in [-0.2, -0.15) is 0 Å². The Bertz CT molecular complexity index is 438. The van der Waals surface area contributed by atoms with Crippen LogP contribution in [0, 0.1) is 0 Å². The molecule has 0 aliphatic rings. The van der Waals surface area contributed by atoms with Crippen molar-refractivity contribution in [3.63, 3.8) is 0 Å². The smallest absolute Gasteiger partial charge is 0.324 e. The maximum absolute atomic E-state index is 11.9. The monoisotopic (exact) mass is 305 g/mol. The van der Waals surface area contributed by atoms with Crippen molar-refractivity contribution in [3.05, 3.63) is 35.9 Å². The highest BCUT2D eigenvalue weighted by molar-refractivity contribution is 8.67. The molecular formula is C11H14O4PS2-. The van der Waals surface area contributed by atoms with Gasteiger partial charge in [0.2, 0.25) is 0 Å². The molecule has 100 valence electrons. The molecule has 0 aromatic heterocycles. The fraction of sp³-hybridized carbons (Fsp3) is 0.364. The molecule has 0 aliphatic carbocycles.